The van der Waals surface area contributed by atoms with Crippen LogP contribution >= 0.6 is 0 Å². The zero-order valence-corrected chi connectivity index (χ0v) is 41.6. The largest absolute Gasteiger partial charge is 0.460 e. The minimum Gasteiger partial charge on any atom is -0.394 e. The molecule has 0 spiro atoms. The lowest BCUT2D eigenvalue weighted by atomic mass is 10.0. The van der Waals surface area contributed by atoms with E-state index in [2.05, 4.69) is 0 Å². The van der Waals surface area contributed by atoms with E-state index < -0.39 is 210 Å². The van der Waals surface area contributed by atoms with E-state index in [1.54, 1.807) is 0 Å². The first-order valence-corrected chi connectivity index (χ1v) is 25.2. The Kier molecular flexibility index (Phi) is 30.1. The van der Waals surface area contributed by atoms with Gasteiger partial charge in [0, 0.05) is 25.7 Å². The molecule has 0 saturated carbocycles. The molecule has 0 heterocycles. The third kappa shape index (κ3) is 24.2. The number of hydrogen-bond acceptors (Lipinski definition) is 12. The maximum atomic E-state index is 12.7. The van der Waals surface area contributed by atoms with Gasteiger partial charge in [0.25, 0.3) is 40.5 Å². The van der Waals surface area contributed by atoms with Gasteiger partial charge in [0.1, 0.15) is 12.2 Å². The molecule has 8 N–H and O–H groups in total. The van der Waals surface area contributed by atoms with Crippen LogP contribution in [0.5, 0.6) is 0 Å². The number of hydrogen-bond donors (Lipinski definition) is 8. The van der Waals surface area contributed by atoms with Gasteiger partial charge < -0.3 is 20.4 Å². The van der Waals surface area contributed by atoms with Crippen molar-refractivity contribution in [1.29, 1.82) is 0 Å². The summed E-state index contributed by atoms with van der Waals surface area (Å²) in [4.78, 5) is 0. The highest BCUT2D eigenvalue weighted by atomic mass is 32.2. The summed E-state index contributed by atoms with van der Waals surface area (Å²) >= 11 is 0. The molecule has 84 heavy (non-hydrogen) atoms. The number of aliphatic hydroxyl groups excluding tert-OH is 4. The summed E-state index contributed by atoms with van der Waals surface area (Å²) in [6.45, 7) is -1.05. The van der Waals surface area contributed by atoms with Crippen molar-refractivity contribution in [3.05, 3.63) is 0 Å². The first-order chi connectivity index (χ1) is 35.5. The van der Waals surface area contributed by atoms with Crippen LogP contribution in [0.3, 0.4) is 0 Å². The molecule has 0 fully saturated rings. The lowest BCUT2D eigenvalue weighted by Gasteiger charge is -2.33. The van der Waals surface area contributed by atoms with Crippen LogP contribution in [0.2, 0.25) is 0 Å². The van der Waals surface area contributed by atoms with E-state index in [0.29, 0.717) is 0 Å². The maximum absolute atomic E-state index is 12.7. The molecule has 0 aliphatic heterocycles. The van der Waals surface area contributed by atoms with E-state index in [-0.39, 0.29) is 0 Å². The van der Waals surface area contributed by atoms with Crippen LogP contribution in [-0.2, 0) is 40.5 Å². The van der Waals surface area contributed by atoms with Gasteiger partial charge in [-0.05, 0) is 0 Å². The van der Waals surface area contributed by atoms with Crippen LogP contribution < -0.4 is 0 Å². The molecule has 2 unspecified atom stereocenters. The molecule has 514 valence electrons. The van der Waals surface area contributed by atoms with Crippen molar-refractivity contribution in [2.75, 3.05) is 36.2 Å². The molecule has 2 atom stereocenters. The zero-order valence-electron chi connectivity index (χ0n) is 38.3. The van der Waals surface area contributed by atoms with Crippen molar-refractivity contribution < 1.29 is 230 Å². The smallest absolute Gasteiger partial charge is 0.394 e. The van der Waals surface area contributed by atoms with Crippen molar-refractivity contribution >= 4 is 40.5 Å². The second-order valence-corrected chi connectivity index (χ2v) is 21.3. The van der Waals surface area contributed by atoms with Gasteiger partial charge in [0.05, 0.1) is 36.2 Å². The van der Waals surface area contributed by atoms with E-state index in [1.165, 1.54) is 0 Å². The highest BCUT2D eigenvalue weighted by molar-refractivity contribution is 7.86. The van der Waals surface area contributed by atoms with Gasteiger partial charge in [0.2, 0.25) is 0 Å². The molecule has 56 heteroatoms. The Morgan fingerprint density at radius 3 is 0.417 bits per heavy atom. The van der Waals surface area contributed by atoms with E-state index in [1.807, 2.05) is 0 Å². The molecule has 0 rings (SSSR count). The standard InChI is InChI=1S/4C6H5F9O3S.C4H10O4/c4*7-3(8,1-2-19(16,17)18)4(9,10)5(11,12)6(13,14)15;5-1-3(7)4(8)2-6/h4*1-2H2,(H,16,17,18);3-8H,1-2H2. The van der Waals surface area contributed by atoms with Crippen LogP contribution in [0.4, 0.5) is 158 Å². The summed E-state index contributed by atoms with van der Waals surface area (Å²) in [5, 5.41) is 33.2. The summed E-state index contributed by atoms with van der Waals surface area (Å²) in [6.07, 6.45) is -40.7. The Labute approximate surface area is 440 Å². The van der Waals surface area contributed by atoms with Gasteiger partial charge in [-0.2, -0.15) is 192 Å². The van der Waals surface area contributed by atoms with Gasteiger partial charge in [-0.15, -0.1) is 0 Å². The summed E-state index contributed by atoms with van der Waals surface area (Å²) in [5.41, 5.74) is 0. The SMILES string of the molecule is O=S(=O)(O)CCC(F)(F)C(F)(F)C(F)(F)C(F)(F)F.O=S(=O)(O)CCC(F)(F)C(F)(F)C(F)(F)C(F)(F)F.O=S(=O)(O)CCC(F)(F)C(F)(F)C(F)(F)C(F)(F)F.O=S(=O)(O)CCC(F)(F)C(F)(F)C(F)(F)C(F)(F)F.OCC(O)C(O)CO. The zero-order chi connectivity index (χ0) is 70.2. The molecule has 0 aliphatic carbocycles. The van der Waals surface area contributed by atoms with Crippen molar-refractivity contribution in [2.24, 2.45) is 0 Å². The minimum atomic E-state index is -7.07. The van der Waals surface area contributed by atoms with Crippen molar-refractivity contribution in [3.63, 3.8) is 0 Å². The van der Waals surface area contributed by atoms with E-state index in [9.17, 15) is 192 Å². The van der Waals surface area contributed by atoms with Gasteiger partial charge in [-0.25, -0.2) is 0 Å². The quantitative estimate of drug-likeness (QED) is 0.0351. The number of aliphatic hydroxyl groups is 4. The molecule has 0 saturated heterocycles. The van der Waals surface area contributed by atoms with Crippen LogP contribution in [0.1, 0.15) is 25.7 Å². The molecule has 0 aliphatic rings. The third-order valence-corrected chi connectivity index (χ3v) is 11.2. The molecule has 0 amide bonds. The molecule has 0 aromatic heterocycles. The van der Waals surface area contributed by atoms with Gasteiger partial charge in [0.15, 0.2) is 0 Å². The molecular formula is C28H30F36O16S4. The second kappa shape index (κ2) is 28.2. The first kappa shape index (κ1) is 89.7. The average Bonchev–Trinajstić information content (AvgIpc) is 3.23. The fourth-order valence-electron chi connectivity index (χ4n) is 3.53. The highest BCUT2D eigenvalue weighted by Crippen LogP contribution is 2.58. The van der Waals surface area contributed by atoms with Crippen molar-refractivity contribution in [1.82, 2.24) is 0 Å². The number of rotatable bonds is 23. The molecule has 0 aromatic carbocycles. The molecule has 0 bridgehead atoms. The molecule has 0 aromatic rings. The maximum Gasteiger partial charge on any atom is 0.460 e. The van der Waals surface area contributed by atoms with Crippen LogP contribution in [0.25, 0.3) is 0 Å². The van der Waals surface area contributed by atoms with E-state index in [0.717, 1.165) is 0 Å². The Hall–Kier alpha value is -3.04. The third-order valence-electron chi connectivity index (χ3n) is 8.35. The fraction of sp³-hybridized carbons (Fsp3) is 1.00. The topological polar surface area (TPSA) is 298 Å². The Balaban J connectivity index is -0.000000316. The Bertz CT molecular complexity index is 2170. The van der Waals surface area contributed by atoms with E-state index in [4.69, 9.17) is 38.6 Å². The fourth-order valence-corrected chi connectivity index (χ4v) is 5.59. The summed E-state index contributed by atoms with van der Waals surface area (Å²) < 4.78 is 551. The number of halogens is 36. The monoisotopic (exact) mass is 1430 g/mol. The Morgan fingerprint density at radius 2 is 0.345 bits per heavy atom. The summed E-state index contributed by atoms with van der Waals surface area (Å²) in [7, 11) is -21.0. The van der Waals surface area contributed by atoms with Crippen molar-refractivity contribution in [2.45, 2.75) is 134 Å². The van der Waals surface area contributed by atoms with Gasteiger partial charge in [-0.1, -0.05) is 0 Å². The highest BCUT2D eigenvalue weighted by Gasteiger charge is 2.84. The van der Waals surface area contributed by atoms with Gasteiger partial charge in [-0.3, -0.25) is 18.2 Å². The molecule has 0 radical (unpaired) electrons. The Morgan fingerprint density at radius 1 is 0.238 bits per heavy atom. The lowest BCUT2D eigenvalue weighted by molar-refractivity contribution is -0.396. The van der Waals surface area contributed by atoms with Gasteiger partial charge >= 0.3 is 95.8 Å². The summed E-state index contributed by atoms with van der Waals surface area (Å²) in [6, 6.07) is 0. The van der Waals surface area contributed by atoms with Crippen LogP contribution in [-0.4, -0.2) is 217 Å². The predicted octanol–water partition coefficient (Wildman–Crippen LogP) is 8.62. The molecular weight excluding hydrogens is 1400 g/mol. The normalized spacial score (nSPS) is 15.9. The second-order valence-electron chi connectivity index (χ2n) is 15.0. The first-order valence-electron chi connectivity index (χ1n) is 18.7. The van der Waals surface area contributed by atoms with Crippen LogP contribution in [0.15, 0.2) is 0 Å². The molecule has 16 nitrogen and oxygen atoms in total. The summed E-state index contributed by atoms with van der Waals surface area (Å²) in [5.74, 6) is -88.2. The number of alkyl halides is 36. The minimum absolute atomic E-state index is 0.526. The lowest BCUT2D eigenvalue weighted by Crippen LogP contribution is -2.61. The predicted molar refractivity (Wildman–Crippen MR) is 194 cm³/mol. The van der Waals surface area contributed by atoms with E-state index >= 15 is 0 Å². The average molecular weight is 1430 g/mol. The van der Waals surface area contributed by atoms with Crippen molar-refractivity contribution in [3.8, 4) is 0 Å². The van der Waals surface area contributed by atoms with Crippen LogP contribution in [0, 0.1) is 0 Å².